The molecule has 0 unspecified atom stereocenters. The number of aliphatic hydroxyl groups is 1. The van der Waals surface area contributed by atoms with Crippen molar-refractivity contribution in [1.29, 1.82) is 0 Å². The first-order chi connectivity index (χ1) is 11.7. The minimum atomic E-state index is -0.651. The molecule has 3 aliphatic rings. The van der Waals surface area contributed by atoms with Crippen LogP contribution < -0.4 is 4.46 Å². The van der Waals surface area contributed by atoms with Gasteiger partial charge in [0.05, 0.1) is 0 Å². The quantitative estimate of drug-likeness (QED) is 0.778. The molecule has 0 radical (unpaired) electrons. The van der Waals surface area contributed by atoms with Crippen molar-refractivity contribution >= 4 is 19.4 Å². The van der Waals surface area contributed by atoms with E-state index in [1.807, 2.05) is 13.8 Å². The second-order valence-electron chi connectivity index (χ2n) is 9.11. The van der Waals surface area contributed by atoms with Crippen LogP contribution in [0.15, 0.2) is 30.3 Å². The van der Waals surface area contributed by atoms with Crippen LogP contribution in [0, 0.1) is 11.3 Å². The Bertz CT molecular complexity index is 642. The Labute approximate surface area is 157 Å². The molecule has 5 atom stereocenters. The normalized spacial score (nSPS) is 43.2. The minimum absolute atomic E-state index is 0.0831. The van der Waals surface area contributed by atoms with Crippen molar-refractivity contribution in [3.05, 3.63) is 30.3 Å². The SMILES string of the molecule is CC(C)(O)[C@@H]1CC[C@@]2(C)CO[C@]3(C)[C@@H](C[Se]c4ccccc4)O[C@]23C1. The summed E-state index contributed by atoms with van der Waals surface area (Å²) in [7, 11) is 0. The van der Waals surface area contributed by atoms with E-state index in [0.717, 1.165) is 31.2 Å². The van der Waals surface area contributed by atoms with Crippen LogP contribution in [0.4, 0.5) is 0 Å². The fourth-order valence-corrected chi connectivity index (χ4v) is 7.51. The van der Waals surface area contributed by atoms with Crippen LogP contribution in [-0.4, -0.2) is 49.6 Å². The first kappa shape index (κ1) is 18.0. The molecule has 0 aromatic heterocycles. The van der Waals surface area contributed by atoms with E-state index in [1.54, 1.807) is 0 Å². The van der Waals surface area contributed by atoms with E-state index in [-0.39, 0.29) is 28.6 Å². The van der Waals surface area contributed by atoms with E-state index in [2.05, 4.69) is 44.2 Å². The van der Waals surface area contributed by atoms with Crippen molar-refractivity contribution in [2.45, 2.75) is 75.2 Å². The zero-order chi connectivity index (χ0) is 17.9. The molecular formula is C21H30O3Se. The third-order valence-corrected chi connectivity index (χ3v) is 9.40. The molecular weight excluding hydrogens is 379 g/mol. The molecule has 0 bridgehead atoms. The Morgan fingerprint density at radius 3 is 2.64 bits per heavy atom. The summed E-state index contributed by atoms with van der Waals surface area (Å²) < 4.78 is 14.6. The predicted molar refractivity (Wildman–Crippen MR) is 100 cm³/mol. The summed E-state index contributed by atoms with van der Waals surface area (Å²) in [4.78, 5) is 0. The molecule has 2 saturated heterocycles. The van der Waals surface area contributed by atoms with Crippen LogP contribution in [0.2, 0.25) is 5.32 Å². The van der Waals surface area contributed by atoms with E-state index >= 15 is 0 Å². The van der Waals surface area contributed by atoms with Crippen molar-refractivity contribution in [3.63, 3.8) is 0 Å². The maximum absolute atomic E-state index is 10.6. The van der Waals surface area contributed by atoms with Crippen LogP contribution >= 0.6 is 0 Å². The van der Waals surface area contributed by atoms with Gasteiger partial charge in [0, 0.05) is 0 Å². The van der Waals surface area contributed by atoms with E-state index in [0.29, 0.717) is 15.0 Å². The summed E-state index contributed by atoms with van der Waals surface area (Å²) in [6.07, 6.45) is 3.23. The van der Waals surface area contributed by atoms with Gasteiger partial charge in [0.25, 0.3) is 0 Å². The average molecular weight is 409 g/mol. The first-order valence-electron chi connectivity index (χ1n) is 9.42. The fourth-order valence-electron chi connectivity index (χ4n) is 5.25. The van der Waals surface area contributed by atoms with Gasteiger partial charge in [-0.2, -0.15) is 0 Å². The van der Waals surface area contributed by atoms with E-state index < -0.39 is 5.60 Å². The molecule has 1 spiro atoms. The number of ether oxygens (including phenoxy) is 2. The zero-order valence-electron chi connectivity index (χ0n) is 15.7. The van der Waals surface area contributed by atoms with Crippen molar-refractivity contribution < 1.29 is 14.6 Å². The van der Waals surface area contributed by atoms with Gasteiger partial charge in [-0.3, -0.25) is 0 Å². The fraction of sp³-hybridized carbons (Fsp3) is 0.714. The second kappa shape index (κ2) is 5.81. The standard InChI is InChI=1S/C21H30O3Se/c1-18(2,22)15-10-11-19(3)14-23-20(4)17(24-21(19,20)12-15)13-25-16-8-6-5-7-9-16/h5-9,15,17,22H,10-14H2,1-4H3/t15-,17-,19+,20-,21-/m1/s1. The summed E-state index contributed by atoms with van der Waals surface area (Å²) in [6, 6.07) is 10.7. The van der Waals surface area contributed by atoms with Crippen LogP contribution in [0.1, 0.15) is 47.0 Å². The Morgan fingerprint density at radius 1 is 1.24 bits per heavy atom. The molecule has 1 aliphatic carbocycles. The van der Waals surface area contributed by atoms with Crippen LogP contribution in [-0.2, 0) is 9.47 Å². The molecule has 3 fully saturated rings. The molecule has 138 valence electrons. The summed E-state index contributed by atoms with van der Waals surface area (Å²) in [6.45, 7) is 9.27. The number of benzene rings is 1. The van der Waals surface area contributed by atoms with Gasteiger partial charge in [-0.25, -0.2) is 0 Å². The second-order valence-corrected chi connectivity index (χ2v) is 11.4. The maximum atomic E-state index is 10.6. The molecule has 3 nitrogen and oxygen atoms in total. The Morgan fingerprint density at radius 2 is 1.96 bits per heavy atom. The van der Waals surface area contributed by atoms with E-state index in [1.165, 1.54) is 4.46 Å². The van der Waals surface area contributed by atoms with Crippen LogP contribution in [0.3, 0.4) is 0 Å². The molecule has 2 heterocycles. The van der Waals surface area contributed by atoms with Crippen molar-refractivity contribution in [3.8, 4) is 0 Å². The van der Waals surface area contributed by atoms with Gasteiger partial charge < -0.3 is 0 Å². The Hall–Kier alpha value is -0.381. The van der Waals surface area contributed by atoms with Gasteiger partial charge in [0.1, 0.15) is 0 Å². The van der Waals surface area contributed by atoms with Crippen molar-refractivity contribution in [2.24, 2.45) is 11.3 Å². The zero-order valence-corrected chi connectivity index (χ0v) is 17.5. The van der Waals surface area contributed by atoms with Gasteiger partial charge in [0.2, 0.25) is 0 Å². The van der Waals surface area contributed by atoms with Gasteiger partial charge in [0.15, 0.2) is 0 Å². The number of hydrogen-bond acceptors (Lipinski definition) is 3. The molecule has 1 aromatic carbocycles. The molecule has 1 N–H and O–H groups in total. The third kappa shape index (κ3) is 2.56. The summed E-state index contributed by atoms with van der Waals surface area (Å²) in [5.41, 5.74) is -0.996. The Kier molecular flexibility index (Phi) is 4.18. The monoisotopic (exact) mass is 410 g/mol. The van der Waals surface area contributed by atoms with Gasteiger partial charge in [-0.1, -0.05) is 0 Å². The summed E-state index contributed by atoms with van der Waals surface area (Å²) in [5, 5.41) is 11.6. The van der Waals surface area contributed by atoms with Crippen molar-refractivity contribution in [2.75, 3.05) is 6.61 Å². The average Bonchev–Trinajstić information content (AvgIpc) is 2.74. The van der Waals surface area contributed by atoms with Gasteiger partial charge >= 0.3 is 157 Å². The third-order valence-electron chi connectivity index (χ3n) is 7.15. The van der Waals surface area contributed by atoms with Gasteiger partial charge in [-0.05, 0) is 0 Å². The van der Waals surface area contributed by atoms with E-state index in [9.17, 15) is 5.11 Å². The number of rotatable bonds is 4. The molecule has 1 aromatic rings. The summed E-state index contributed by atoms with van der Waals surface area (Å²) >= 11 is 0.406. The topological polar surface area (TPSA) is 38.7 Å². The Balaban J connectivity index is 1.52. The number of hydrogen-bond donors (Lipinski definition) is 1. The first-order valence-corrected chi connectivity index (χ1v) is 11.5. The molecule has 2 aliphatic heterocycles. The molecule has 4 heteroatoms. The van der Waals surface area contributed by atoms with Crippen molar-refractivity contribution in [1.82, 2.24) is 0 Å². The van der Waals surface area contributed by atoms with E-state index in [4.69, 9.17) is 9.47 Å². The van der Waals surface area contributed by atoms with Gasteiger partial charge in [-0.15, -0.1) is 0 Å². The summed E-state index contributed by atoms with van der Waals surface area (Å²) in [5.74, 6) is 0.280. The molecule has 0 amide bonds. The van der Waals surface area contributed by atoms with Crippen LogP contribution in [0.25, 0.3) is 0 Å². The molecule has 25 heavy (non-hydrogen) atoms. The van der Waals surface area contributed by atoms with Crippen LogP contribution in [0.5, 0.6) is 0 Å². The molecule has 4 rings (SSSR count). The molecule has 1 saturated carbocycles. The predicted octanol–water partition coefficient (Wildman–Crippen LogP) is 2.94.